The van der Waals surface area contributed by atoms with E-state index in [-0.39, 0.29) is 42.6 Å². The first-order valence-electron chi connectivity index (χ1n) is 15.0. The maximum atomic E-state index is 14.4. The SMILES string of the molecule is COc1ccc(CCn2cnc3cc(NC(=N[C@H]4CCC(C)(C)C[C@@H]4C)N4CCN[C@@H](C(F)(F)F)C4)ccc3c2=O)c(F)c1. The molecule has 12 heteroatoms. The van der Waals surface area contributed by atoms with Gasteiger partial charge in [-0.25, -0.2) is 14.4 Å². The number of aliphatic imine (C=N–C) groups is 1. The number of benzene rings is 2. The van der Waals surface area contributed by atoms with Gasteiger partial charge >= 0.3 is 6.18 Å². The molecule has 0 bridgehead atoms. The molecule has 1 aromatic heterocycles. The summed E-state index contributed by atoms with van der Waals surface area (Å²) in [4.78, 5) is 24.4. The van der Waals surface area contributed by atoms with E-state index in [9.17, 15) is 22.4 Å². The molecule has 8 nitrogen and oxygen atoms in total. The van der Waals surface area contributed by atoms with Gasteiger partial charge in [-0.2, -0.15) is 13.2 Å². The zero-order chi connectivity index (χ0) is 31.6. The number of alkyl halides is 3. The number of fused-ring (bicyclic) bond motifs is 1. The lowest BCUT2D eigenvalue weighted by Gasteiger charge is -2.40. The Morgan fingerprint density at radius 3 is 2.73 bits per heavy atom. The average Bonchev–Trinajstić information content (AvgIpc) is 2.97. The third-order valence-electron chi connectivity index (χ3n) is 8.77. The van der Waals surface area contributed by atoms with Gasteiger partial charge in [-0.15, -0.1) is 0 Å². The van der Waals surface area contributed by atoms with Crippen LogP contribution < -0.4 is 20.9 Å². The molecule has 1 saturated heterocycles. The largest absolute Gasteiger partial charge is 0.497 e. The van der Waals surface area contributed by atoms with E-state index in [1.807, 2.05) is 0 Å². The Kier molecular flexibility index (Phi) is 9.20. The minimum absolute atomic E-state index is 0.0222. The van der Waals surface area contributed by atoms with Gasteiger partial charge in [-0.3, -0.25) is 9.36 Å². The number of anilines is 1. The molecule has 0 radical (unpaired) electrons. The number of ether oxygens (including phenoxy) is 1. The van der Waals surface area contributed by atoms with E-state index in [2.05, 4.69) is 36.4 Å². The molecule has 2 aliphatic rings. The average molecular weight is 617 g/mol. The van der Waals surface area contributed by atoms with Gasteiger partial charge < -0.3 is 20.3 Å². The molecular weight excluding hydrogens is 576 g/mol. The van der Waals surface area contributed by atoms with Crippen molar-refractivity contribution in [2.75, 3.05) is 32.1 Å². The summed E-state index contributed by atoms with van der Waals surface area (Å²) >= 11 is 0. The van der Waals surface area contributed by atoms with Crippen molar-refractivity contribution < 1.29 is 22.3 Å². The van der Waals surface area contributed by atoms with Crippen LogP contribution in [0.1, 0.15) is 45.6 Å². The second-order valence-electron chi connectivity index (χ2n) is 12.7. The molecule has 2 fully saturated rings. The maximum absolute atomic E-state index is 14.4. The first-order chi connectivity index (χ1) is 20.8. The number of aryl methyl sites for hydroxylation is 2. The molecule has 0 spiro atoms. The fourth-order valence-corrected chi connectivity index (χ4v) is 6.26. The summed E-state index contributed by atoms with van der Waals surface area (Å²) in [5, 5.41) is 6.23. The molecule has 1 aliphatic heterocycles. The first-order valence-corrected chi connectivity index (χ1v) is 15.0. The van der Waals surface area contributed by atoms with E-state index < -0.39 is 18.0 Å². The summed E-state index contributed by atoms with van der Waals surface area (Å²) in [5.41, 5.74) is 1.41. The lowest BCUT2D eigenvalue weighted by molar-refractivity contribution is -0.161. The Bertz CT molecular complexity index is 1570. The molecule has 1 saturated carbocycles. The highest BCUT2D eigenvalue weighted by Crippen LogP contribution is 2.40. The third-order valence-corrected chi connectivity index (χ3v) is 8.77. The zero-order valence-electron chi connectivity index (χ0n) is 25.5. The molecule has 2 N–H and O–H groups in total. The van der Waals surface area contributed by atoms with Crippen molar-refractivity contribution in [3.63, 3.8) is 0 Å². The summed E-state index contributed by atoms with van der Waals surface area (Å²) in [7, 11) is 1.47. The smallest absolute Gasteiger partial charge is 0.405 e. The van der Waals surface area contributed by atoms with E-state index in [4.69, 9.17) is 9.73 Å². The van der Waals surface area contributed by atoms with Crippen LogP contribution in [0.2, 0.25) is 0 Å². The van der Waals surface area contributed by atoms with Crippen molar-refractivity contribution in [2.45, 2.75) is 71.3 Å². The molecule has 0 amide bonds. The van der Waals surface area contributed by atoms with Crippen LogP contribution >= 0.6 is 0 Å². The minimum Gasteiger partial charge on any atom is -0.497 e. The fraction of sp³-hybridized carbons (Fsp3) is 0.531. The Morgan fingerprint density at radius 2 is 2.02 bits per heavy atom. The number of guanidine groups is 1. The van der Waals surface area contributed by atoms with Crippen LogP contribution in [-0.4, -0.2) is 65.4 Å². The quantitative estimate of drug-likeness (QED) is 0.213. The van der Waals surface area contributed by atoms with E-state index in [0.717, 1.165) is 19.3 Å². The molecule has 1 aliphatic carbocycles. The second kappa shape index (κ2) is 12.7. The summed E-state index contributed by atoms with van der Waals surface area (Å²) in [6.45, 7) is 7.15. The Hall–Kier alpha value is -3.67. The standard InChI is InChI=1S/C32H40F4N6O2/c1-20-17-31(2,3)11-9-26(20)40-30(41-14-12-37-28(18-41)32(34,35)36)39-22-6-8-24-27(15-22)38-19-42(29(24)43)13-10-21-5-7-23(44-4)16-25(21)33/h5-8,15-16,19-20,26,28,37H,9-14,17-18H2,1-4H3,(H,39,40)/t20-,26-,28+/m0/s1. The van der Waals surface area contributed by atoms with E-state index in [1.54, 1.807) is 35.2 Å². The Morgan fingerprint density at radius 1 is 1.23 bits per heavy atom. The highest BCUT2D eigenvalue weighted by atomic mass is 19.4. The second-order valence-corrected chi connectivity index (χ2v) is 12.7. The molecule has 5 rings (SSSR count). The number of rotatable bonds is 6. The van der Waals surface area contributed by atoms with Gasteiger partial charge in [0.1, 0.15) is 17.6 Å². The normalized spacial score (nSPS) is 22.7. The molecular formula is C32H40F4N6O2. The number of nitrogens with one attached hydrogen (secondary N) is 2. The molecule has 2 aromatic carbocycles. The molecule has 3 atom stereocenters. The lowest BCUT2D eigenvalue weighted by Crippen LogP contribution is -2.59. The van der Waals surface area contributed by atoms with E-state index in [0.29, 0.717) is 46.8 Å². The number of hydrogen-bond acceptors (Lipinski definition) is 5. The highest BCUT2D eigenvalue weighted by Gasteiger charge is 2.43. The van der Waals surface area contributed by atoms with Crippen LogP contribution in [0.3, 0.4) is 0 Å². The van der Waals surface area contributed by atoms with Crippen LogP contribution in [0.4, 0.5) is 23.2 Å². The topological polar surface area (TPSA) is 83.8 Å². The monoisotopic (exact) mass is 616 g/mol. The number of halogens is 4. The van der Waals surface area contributed by atoms with Crippen LogP contribution in [0.15, 0.2) is 52.5 Å². The molecule has 238 valence electrons. The summed E-state index contributed by atoms with van der Waals surface area (Å²) in [6.07, 6.45) is 0.176. The van der Waals surface area contributed by atoms with Crippen LogP contribution in [0.5, 0.6) is 5.75 Å². The van der Waals surface area contributed by atoms with Crippen molar-refractivity contribution in [3.8, 4) is 5.75 Å². The maximum Gasteiger partial charge on any atom is 0.405 e. The van der Waals surface area contributed by atoms with Crippen molar-refractivity contribution in [3.05, 3.63) is 64.5 Å². The Labute approximate surface area is 254 Å². The summed E-state index contributed by atoms with van der Waals surface area (Å²) < 4.78 is 61.8. The van der Waals surface area contributed by atoms with Crippen molar-refractivity contribution in [1.82, 2.24) is 19.8 Å². The van der Waals surface area contributed by atoms with Crippen LogP contribution in [0.25, 0.3) is 10.9 Å². The predicted octanol–water partition coefficient (Wildman–Crippen LogP) is 5.61. The van der Waals surface area contributed by atoms with Gasteiger partial charge in [-0.1, -0.05) is 26.8 Å². The van der Waals surface area contributed by atoms with Gasteiger partial charge in [0.2, 0.25) is 0 Å². The number of hydrogen-bond donors (Lipinski definition) is 2. The van der Waals surface area contributed by atoms with Gasteiger partial charge in [0.25, 0.3) is 5.56 Å². The van der Waals surface area contributed by atoms with Gasteiger partial charge in [-0.05, 0) is 66.8 Å². The Balaban J connectivity index is 1.38. The number of piperazine rings is 1. The van der Waals surface area contributed by atoms with Crippen LogP contribution in [0, 0.1) is 17.2 Å². The van der Waals surface area contributed by atoms with E-state index in [1.165, 1.54) is 24.1 Å². The van der Waals surface area contributed by atoms with Crippen molar-refractivity contribution >= 4 is 22.5 Å². The molecule has 44 heavy (non-hydrogen) atoms. The number of methoxy groups -OCH3 is 1. The lowest BCUT2D eigenvalue weighted by atomic mass is 9.71. The highest BCUT2D eigenvalue weighted by molar-refractivity contribution is 5.96. The summed E-state index contributed by atoms with van der Waals surface area (Å²) in [5.74, 6) is 0.686. The van der Waals surface area contributed by atoms with Crippen molar-refractivity contribution in [1.29, 1.82) is 0 Å². The van der Waals surface area contributed by atoms with Gasteiger partial charge in [0.05, 0.1) is 30.4 Å². The molecule has 3 aromatic rings. The predicted molar refractivity (Wildman–Crippen MR) is 164 cm³/mol. The zero-order valence-corrected chi connectivity index (χ0v) is 25.5. The fourth-order valence-electron chi connectivity index (χ4n) is 6.26. The van der Waals surface area contributed by atoms with E-state index >= 15 is 0 Å². The van der Waals surface area contributed by atoms with Gasteiger partial charge in [0, 0.05) is 37.9 Å². The number of nitrogens with zero attached hydrogens (tertiary/aromatic N) is 4. The summed E-state index contributed by atoms with van der Waals surface area (Å²) in [6, 6.07) is 8.00. The number of aromatic nitrogens is 2. The first kappa shape index (κ1) is 31.7. The van der Waals surface area contributed by atoms with Crippen molar-refractivity contribution in [2.24, 2.45) is 16.3 Å². The van der Waals surface area contributed by atoms with Gasteiger partial charge in [0.15, 0.2) is 5.96 Å². The molecule has 2 heterocycles. The third kappa shape index (κ3) is 7.34. The van der Waals surface area contributed by atoms with Crippen LogP contribution in [-0.2, 0) is 13.0 Å². The molecule has 0 unspecified atom stereocenters. The minimum atomic E-state index is -4.38.